The molecular formula is C10H11Cl2NO2. The zero-order valence-corrected chi connectivity index (χ0v) is 9.88. The lowest BCUT2D eigenvalue weighted by atomic mass is 10.2. The van der Waals surface area contributed by atoms with Gasteiger partial charge in [-0.05, 0) is 37.2 Å². The van der Waals surface area contributed by atoms with Crippen molar-refractivity contribution in [3.63, 3.8) is 0 Å². The summed E-state index contributed by atoms with van der Waals surface area (Å²) in [6.45, 7) is 3.67. The predicted octanol–water partition coefficient (Wildman–Crippen LogP) is 3.55. The Kier molecular flexibility index (Phi) is 4.24. The lowest BCUT2D eigenvalue weighted by molar-refractivity contribution is 0.206. The molecule has 0 saturated heterocycles. The molecule has 0 aliphatic rings. The minimum atomic E-state index is -0.0784. The van der Waals surface area contributed by atoms with Crippen LogP contribution < -0.4 is 0 Å². The fourth-order valence-corrected chi connectivity index (χ4v) is 1.30. The van der Waals surface area contributed by atoms with Crippen LogP contribution in [0.25, 0.3) is 0 Å². The Morgan fingerprint density at radius 1 is 1.33 bits per heavy atom. The summed E-state index contributed by atoms with van der Waals surface area (Å²) < 4.78 is 5.28. The quantitative estimate of drug-likeness (QED) is 0.376. The van der Waals surface area contributed by atoms with Gasteiger partial charge in [-0.25, -0.2) is 0 Å². The van der Waals surface area contributed by atoms with Crippen LogP contribution >= 0.6 is 23.2 Å². The molecule has 1 rings (SSSR count). The van der Waals surface area contributed by atoms with Gasteiger partial charge in [0.05, 0.1) is 16.1 Å². The first-order chi connectivity index (χ1) is 7.04. The van der Waals surface area contributed by atoms with Gasteiger partial charge in [-0.1, -0.05) is 23.2 Å². The van der Waals surface area contributed by atoms with Crippen molar-refractivity contribution < 1.29 is 9.94 Å². The maximum atomic E-state index is 8.78. The van der Waals surface area contributed by atoms with Gasteiger partial charge < -0.3 is 9.94 Å². The highest BCUT2D eigenvalue weighted by atomic mass is 35.5. The second-order valence-corrected chi connectivity index (χ2v) is 4.02. The minimum Gasteiger partial charge on any atom is -0.472 e. The minimum absolute atomic E-state index is 0.0784. The van der Waals surface area contributed by atoms with Gasteiger partial charge in [0, 0.05) is 5.56 Å². The summed E-state index contributed by atoms with van der Waals surface area (Å²) in [5.41, 5.74) is 0.584. The average Bonchev–Trinajstić information content (AvgIpc) is 2.18. The summed E-state index contributed by atoms with van der Waals surface area (Å²) >= 11 is 11.6. The van der Waals surface area contributed by atoms with Gasteiger partial charge >= 0.3 is 0 Å². The Morgan fingerprint density at radius 3 is 2.47 bits per heavy atom. The molecule has 0 saturated carbocycles. The molecule has 1 aromatic rings. The van der Waals surface area contributed by atoms with Gasteiger partial charge in [-0.15, -0.1) is 0 Å². The topological polar surface area (TPSA) is 41.8 Å². The molecule has 0 bridgehead atoms. The lowest BCUT2D eigenvalue weighted by Crippen LogP contribution is -2.12. The van der Waals surface area contributed by atoms with Crippen LogP contribution in [0.15, 0.2) is 23.4 Å². The smallest absolute Gasteiger partial charge is 0.257 e. The third kappa shape index (κ3) is 3.29. The number of nitrogens with zero attached hydrogens (tertiary/aromatic N) is 1. The Hall–Kier alpha value is -0.930. The van der Waals surface area contributed by atoms with E-state index in [1.54, 1.807) is 18.2 Å². The molecular weight excluding hydrogens is 237 g/mol. The Bertz CT molecular complexity index is 378. The Balaban J connectivity index is 2.98. The first kappa shape index (κ1) is 12.1. The van der Waals surface area contributed by atoms with Crippen LogP contribution in [0.4, 0.5) is 0 Å². The standard InChI is InChI=1S/C10H11Cl2NO2/c1-6(2)15-10(13-14)7-3-4-8(11)9(12)5-7/h3-6,14H,1-2H3/b13-10+. The number of rotatable bonds is 2. The highest BCUT2D eigenvalue weighted by Gasteiger charge is 2.09. The molecule has 0 unspecified atom stereocenters. The monoisotopic (exact) mass is 247 g/mol. The predicted molar refractivity (Wildman–Crippen MR) is 61.0 cm³/mol. The van der Waals surface area contributed by atoms with Gasteiger partial charge in [0.2, 0.25) is 0 Å². The van der Waals surface area contributed by atoms with E-state index in [2.05, 4.69) is 5.16 Å². The molecule has 0 fully saturated rings. The molecule has 15 heavy (non-hydrogen) atoms. The lowest BCUT2D eigenvalue weighted by Gasteiger charge is -2.11. The highest BCUT2D eigenvalue weighted by molar-refractivity contribution is 6.42. The Labute approximate surface area is 98.3 Å². The normalized spacial score (nSPS) is 11.9. The molecule has 0 atom stereocenters. The Morgan fingerprint density at radius 2 is 2.00 bits per heavy atom. The summed E-state index contributed by atoms with van der Waals surface area (Å²) in [6.07, 6.45) is -0.0784. The van der Waals surface area contributed by atoms with E-state index in [4.69, 9.17) is 33.1 Å². The van der Waals surface area contributed by atoms with E-state index in [1.807, 2.05) is 13.8 Å². The van der Waals surface area contributed by atoms with Crippen LogP contribution in [0.5, 0.6) is 0 Å². The van der Waals surface area contributed by atoms with Crippen molar-refractivity contribution in [3.05, 3.63) is 33.8 Å². The molecule has 0 spiro atoms. The van der Waals surface area contributed by atoms with Gasteiger partial charge in [0.15, 0.2) is 0 Å². The zero-order valence-electron chi connectivity index (χ0n) is 8.37. The fraction of sp³-hybridized carbons (Fsp3) is 0.300. The second-order valence-electron chi connectivity index (χ2n) is 3.20. The van der Waals surface area contributed by atoms with E-state index in [0.29, 0.717) is 15.6 Å². The number of halogens is 2. The molecule has 0 heterocycles. The van der Waals surface area contributed by atoms with Gasteiger partial charge in [0.25, 0.3) is 5.90 Å². The number of oxime groups is 1. The summed E-state index contributed by atoms with van der Waals surface area (Å²) in [4.78, 5) is 0. The van der Waals surface area contributed by atoms with Crippen molar-refractivity contribution in [2.45, 2.75) is 20.0 Å². The maximum Gasteiger partial charge on any atom is 0.257 e. The van der Waals surface area contributed by atoms with Crippen molar-refractivity contribution in [1.29, 1.82) is 0 Å². The van der Waals surface area contributed by atoms with E-state index < -0.39 is 0 Å². The van der Waals surface area contributed by atoms with Crippen LogP contribution in [0.2, 0.25) is 10.0 Å². The summed E-state index contributed by atoms with van der Waals surface area (Å²) in [7, 11) is 0. The third-order valence-corrected chi connectivity index (χ3v) is 2.34. The molecule has 0 aliphatic carbocycles. The third-order valence-electron chi connectivity index (χ3n) is 1.60. The van der Waals surface area contributed by atoms with E-state index in [1.165, 1.54) is 0 Å². The van der Waals surface area contributed by atoms with Gasteiger partial charge in [-0.3, -0.25) is 0 Å². The largest absolute Gasteiger partial charge is 0.472 e. The molecule has 5 heteroatoms. The van der Waals surface area contributed by atoms with Crippen molar-refractivity contribution in [2.75, 3.05) is 0 Å². The molecule has 0 amide bonds. The maximum absolute atomic E-state index is 8.78. The van der Waals surface area contributed by atoms with Crippen molar-refractivity contribution in [3.8, 4) is 0 Å². The molecule has 3 nitrogen and oxygen atoms in total. The molecule has 0 aromatic heterocycles. The van der Waals surface area contributed by atoms with Crippen LogP contribution in [0.3, 0.4) is 0 Å². The summed E-state index contributed by atoms with van der Waals surface area (Å²) in [6, 6.07) is 4.88. The number of hydrogen-bond acceptors (Lipinski definition) is 3. The van der Waals surface area contributed by atoms with Crippen LogP contribution in [-0.2, 0) is 4.74 Å². The van der Waals surface area contributed by atoms with Gasteiger partial charge in [-0.2, -0.15) is 0 Å². The fourth-order valence-electron chi connectivity index (χ4n) is 1.00. The summed E-state index contributed by atoms with van der Waals surface area (Å²) in [5, 5.41) is 12.7. The van der Waals surface area contributed by atoms with Crippen molar-refractivity contribution in [1.82, 2.24) is 0 Å². The van der Waals surface area contributed by atoms with Crippen molar-refractivity contribution >= 4 is 29.1 Å². The van der Waals surface area contributed by atoms with E-state index in [9.17, 15) is 0 Å². The first-order valence-electron chi connectivity index (χ1n) is 4.38. The number of hydrogen-bond donors (Lipinski definition) is 1. The average molecular weight is 248 g/mol. The van der Waals surface area contributed by atoms with Gasteiger partial charge in [0.1, 0.15) is 0 Å². The van der Waals surface area contributed by atoms with Crippen LogP contribution in [0, 0.1) is 0 Å². The van der Waals surface area contributed by atoms with Crippen LogP contribution in [0.1, 0.15) is 19.4 Å². The molecule has 82 valence electrons. The number of ether oxygens (including phenoxy) is 1. The molecule has 0 aliphatic heterocycles. The van der Waals surface area contributed by atoms with E-state index in [-0.39, 0.29) is 12.0 Å². The van der Waals surface area contributed by atoms with Crippen LogP contribution in [-0.4, -0.2) is 17.2 Å². The molecule has 0 radical (unpaired) electrons. The number of benzene rings is 1. The molecule has 1 N–H and O–H groups in total. The zero-order chi connectivity index (χ0) is 11.4. The molecule has 1 aromatic carbocycles. The first-order valence-corrected chi connectivity index (χ1v) is 5.14. The SMILES string of the molecule is CC(C)O/C(=N/O)c1ccc(Cl)c(Cl)c1. The highest BCUT2D eigenvalue weighted by Crippen LogP contribution is 2.23. The van der Waals surface area contributed by atoms with E-state index >= 15 is 0 Å². The van der Waals surface area contributed by atoms with E-state index in [0.717, 1.165) is 0 Å². The summed E-state index contributed by atoms with van der Waals surface area (Å²) in [5.74, 6) is 0.128. The second kappa shape index (κ2) is 5.24. The van der Waals surface area contributed by atoms with Crippen molar-refractivity contribution in [2.24, 2.45) is 5.16 Å².